The van der Waals surface area contributed by atoms with Gasteiger partial charge in [0.25, 0.3) is 0 Å². The molecule has 1 aliphatic carbocycles. The van der Waals surface area contributed by atoms with Gasteiger partial charge in [0.2, 0.25) is 0 Å². The van der Waals surface area contributed by atoms with Gasteiger partial charge in [0, 0.05) is 12.6 Å². The van der Waals surface area contributed by atoms with Crippen LogP contribution in [0.4, 0.5) is 0 Å². The third-order valence-corrected chi connectivity index (χ3v) is 3.66. The van der Waals surface area contributed by atoms with E-state index in [2.05, 4.69) is 12.1 Å². The Hall–Kier alpha value is -0.900. The lowest BCUT2D eigenvalue weighted by Gasteiger charge is -2.36. The molecule has 1 aliphatic rings. The van der Waals surface area contributed by atoms with Gasteiger partial charge in [-0.1, -0.05) is 24.3 Å². The first-order valence-corrected chi connectivity index (χ1v) is 6.19. The van der Waals surface area contributed by atoms with Crippen LogP contribution in [0.25, 0.3) is 0 Å². The molecule has 0 unspecified atom stereocenters. The van der Waals surface area contributed by atoms with E-state index < -0.39 is 0 Å². The molecule has 0 radical (unpaired) electrons. The van der Waals surface area contributed by atoms with Crippen molar-refractivity contribution in [2.75, 3.05) is 7.11 Å². The number of nitrogens with two attached hydrogens (primary N) is 1. The molecule has 0 atom stereocenters. The third-order valence-electron chi connectivity index (χ3n) is 3.66. The molecule has 3 N–H and O–H groups in total. The van der Waals surface area contributed by atoms with E-state index in [-0.39, 0.29) is 11.6 Å². The van der Waals surface area contributed by atoms with Gasteiger partial charge in [-0.3, -0.25) is 0 Å². The summed E-state index contributed by atoms with van der Waals surface area (Å²) in [6.07, 6.45) is 3.12. The van der Waals surface area contributed by atoms with Gasteiger partial charge in [0.1, 0.15) is 0 Å². The maximum Gasteiger partial charge on any atom is 0.0713 e. The Morgan fingerprint density at radius 2 is 2.12 bits per heavy atom. The van der Waals surface area contributed by atoms with Crippen LogP contribution < -0.4 is 5.73 Å². The molecular weight excluding hydrogens is 214 g/mol. The maximum atomic E-state index is 9.55. The van der Waals surface area contributed by atoms with Gasteiger partial charge in [0.15, 0.2) is 0 Å². The van der Waals surface area contributed by atoms with Gasteiger partial charge in [-0.25, -0.2) is 0 Å². The molecular formula is C14H21NO2. The summed E-state index contributed by atoms with van der Waals surface area (Å²) < 4.78 is 5.14. The Kier molecular flexibility index (Phi) is 3.82. The standard InChI is InChI=1S/C14H21NO2/c1-17-10-11-3-2-4-12(9-11)14(15)7-5-13(16)6-8-14/h2-4,9,13,16H,5-8,10,15H2,1H3. The Balaban J connectivity index is 2.17. The molecule has 94 valence electrons. The van der Waals surface area contributed by atoms with Crippen molar-refractivity contribution in [3.63, 3.8) is 0 Å². The lowest BCUT2D eigenvalue weighted by molar-refractivity contribution is 0.0968. The second-order valence-corrected chi connectivity index (χ2v) is 5.02. The van der Waals surface area contributed by atoms with E-state index >= 15 is 0 Å². The second-order valence-electron chi connectivity index (χ2n) is 5.02. The molecule has 3 nitrogen and oxygen atoms in total. The molecule has 1 aromatic carbocycles. The number of hydrogen-bond donors (Lipinski definition) is 2. The van der Waals surface area contributed by atoms with E-state index in [0.29, 0.717) is 6.61 Å². The Bertz CT molecular complexity index is 370. The fourth-order valence-electron chi connectivity index (χ4n) is 2.54. The van der Waals surface area contributed by atoms with Gasteiger partial charge in [-0.05, 0) is 36.8 Å². The smallest absolute Gasteiger partial charge is 0.0713 e. The summed E-state index contributed by atoms with van der Waals surface area (Å²) >= 11 is 0. The quantitative estimate of drug-likeness (QED) is 0.841. The minimum absolute atomic E-state index is 0.172. The molecule has 1 fully saturated rings. The van der Waals surface area contributed by atoms with Crippen LogP contribution in [0.2, 0.25) is 0 Å². The number of methoxy groups -OCH3 is 1. The Morgan fingerprint density at radius 3 is 2.76 bits per heavy atom. The van der Waals surface area contributed by atoms with E-state index in [1.807, 2.05) is 12.1 Å². The maximum absolute atomic E-state index is 9.55. The fraction of sp³-hybridized carbons (Fsp3) is 0.571. The highest BCUT2D eigenvalue weighted by Crippen LogP contribution is 2.35. The van der Waals surface area contributed by atoms with Crippen molar-refractivity contribution in [1.29, 1.82) is 0 Å². The van der Waals surface area contributed by atoms with Gasteiger partial charge in [-0.2, -0.15) is 0 Å². The first-order valence-electron chi connectivity index (χ1n) is 6.19. The van der Waals surface area contributed by atoms with Gasteiger partial charge in [-0.15, -0.1) is 0 Å². The average Bonchev–Trinajstić information content (AvgIpc) is 2.34. The number of hydrogen-bond acceptors (Lipinski definition) is 3. The molecule has 2 rings (SSSR count). The largest absolute Gasteiger partial charge is 0.393 e. The summed E-state index contributed by atoms with van der Waals surface area (Å²) in [4.78, 5) is 0. The van der Waals surface area contributed by atoms with Crippen LogP contribution in [-0.4, -0.2) is 18.3 Å². The molecule has 0 aliphatic heterocycles. The van der Waals surface area contributed by atoms with Crippen molar-refractivity contribution in [3.05, 3.63) is 35.4 Å². The topological polar surface area (TPSA) is 55.5 Å². The normalized spacial score (nSPS) is 29.2. The van der Waals surface area contributed by atoms with Crippen LogP contribution >= 0.6 is 0 Å². The van der Waals surface area contributed by atoms with Crippen LogP contribution in [0, 0.1) is 0 Å². The predicted molar refractivity (Wildman–Crippen MR) is 67.5 cm³/mol. The van der Waals surface area contributed by atoms with Crippen molar-refractivity contribution in [2.24, 2.45) is 5.73 Å². The summed E-state index contributed by atoms with van der Waals surface area (Å²) in [6, 6.07) is 8.29. The number of rotatable bonds is 3. The Labute approximate surface area is 103 Å². The lowest BCUT2D eigenvalue weighted by Crippen LogP contribution is -2.41. The summed E-state index contributed by atoms with van der Waals surface area (Å²) in [5, 5.41) is 9.55. The van der Waals surface area contributed by atoms with Crippen molar-refractivity contribution >= 4 is 0 Å². The number of aliphatic hydroxyl groups excluding tert-OH is 1. The molecule has 1 aromatic rings. The van der Waals surface area contributed by atoms with Crippen LogP contribution in [-0.2, 0) is 16.9 Å². The Morgan fingerprint density at radius 1 is 1.41 bits per heavy atom. The number of benzene rings is 1. The third kappa shape index (κ3) is 2.86. The second kappa shape index (κ2) is 5.17. The molecule has 1 saturated carbocycles. The lowest BCUT2D eigenvalue weighted by atomic mass is 9.76. The number of ether oxygens (including phenoxy) is 1. The molecule has 0 bridgehead atoms. The van der Waals surface area contributed by atoms with Gasteiger partial charge >= 0.3 is 0 Å². The highest BCUT2D eigenvalue weighted by molar-refractivity contribution is 5.29. The average molecular weight is 235 g/mol. The van der Waals surface area contributed by atoms with E-state index in [4.69, 9.17) is 10.5 Å². The van der Waals surface area contributed by atoms with E-state index in [9.17, 15) is 5.11 Å². The molecule has 0 aromatic heterocycles. The zero-order valence-electron chi connectivity index (χ0n) is 10.4. The summed E-state index contributed by atoms with van der Waals surface area (Å²) in [5.41, 5.74) is 8.50. The molecule has 3 heteroatoms. The van der Waals surface area contributed by atoms with Gasteiger partial charge in [0.05, 0.1) is 12.7 Å². The van der Waals surface area contributed by atoms with Crippen molar-refractivity contribution in [1.82, 2.24) is 0 Å². The van der Waals surface area contributed by atoms with E-state index in [1.54, 1.807) is 7.11 Å². The molecule has 0 amide bonds. The summed E-state index contributed by atoms with van der Waals surface area (Å²) in [6.45, 7) is 0.618. The molecule has 0 spiro atoms. The molecule has 0 heterocycles. The zero-order chi connectivity index (χ0) is 12.3. The van der Waals surface area contributed by atoms with Crippen molar-refractivity contribution < 1.29 is 9.84 Å². The summed E-state index contributed by atoms with van der Waals surface area (Å²) in [7, 11) is 1.70. The van der Waals surface area contributed by atoms with E-state index in [1.165, 1.54) is 5.56 Å². The van der Waals surface area contributed by atoms with Gasteiger partial charge < -0.3 is 15.6 Å². The first-order chi connectivity index (χ1) is 8.14. The van der Waals surface area contributed by atoms with Crippen LogP contribution in [0.3, 0.4) is 0 Å². The molecule has 17 heavy (non-hydrogen) atoms. The fourth-order valence-corrected chi connectivity index (χ4v) is 2.54. The van der Waals surface area contributed by atoms with Crippen LogP contribution in [0.5, 0.6) is 0 Å². The highest BCUT2D eigenvalue weighted by Gasteiger charge is 2.32. The highest BCUT2D eigenvalue weighted by atomic mass is 16.5. The molecule has 0 saturated heterocycles. The number of aliphatic hydroxyl groups is 1. The predicted octanol–water partition coefficient (Wildman–Crippen LogP) is 1.92. The first kappa shape index (κ1) is 12.6. The van der Waals surface area contributed by atoms with Crippen LogP contribution in [0.15, 0.2) is 24.3 Å². The monoisotopic (exact) mass is 235 g/mol. The van der Waals surface area contributed by atoms with Crippen molar-refractivity contribution in [3.8, 4) is 0 Å². The SMILES string of the molecule is COCc1cccc(C2(N)CCC(O)CC2)c1. The minimum atomic E-state index is -0.275. The summed E-state index contributed by atoms with van der Waals surface area (Å²) in [5.74, 6) is 0. The van der Waals surface area contributed by atoms with E-state index in [0.717, 1.165) is 31.2 Å². The van der Waals surface area contributed by atoms with Crippen LogP contribution in [0.1, 0.15) is 36.8 Å². The van der Waals surface area contributed by atoms with Crippen molar-refractivity contribution in [2.45, 2.75) is 43.9 Å². The zero-order valence-corrected chi connectivity index (χ0v) is 10.4. The minimum Gasteiger partial charge on any atom is -0.393 e.